The van der Waals surface area contributed by atoms with E-state index < -0.39 is 11.9 Å². The monoisotopic (exact) mass is 231 g/mol. The second kappa shape index (κ2) is 3.96. The number of esters is 2. The van der Waals surface area contributed by atoms with E-state index in [4.69, 9.17) is 0 Å². The van der Waals surface area contributed by atoms with Gasteiger partial charge in [0.2, 0.25) is 0 Å². The van der Waals surface area contributed by atoms with Gasteiger partial charge in [-0.25, -0.2) is 0 Å². The summed E-state index contributed by atoms with van der Waals surface area (Å²) in [6, 6.07) is 8.31. The topological polar surface area (TPSA) is 46.6 Å². The molecule has 1 aliphatic heterocycles. The molecular weight excluding hydrogens is 218 g/mol. The second-order valence-electron chi connectivity index (χ2n) is 4.62. The zero-order valence-corrected chi connectivity index (χ0v) is 9.39. The highest BCUT2D eigenvalue weighted by Gasteiger charge is 2.31. The molecule has 4 heteroatoms. The largest absolute Gasteiger partial charge is 0.391 e. The molecule has 1 aromatic rings. The van der Waals surface area contributed by atoms with Gasteiger partial charge in [-0.1, -0.05) is 24.3 Å². The lowest BCUT2D eigenvalue weighted by Gasteiger charge is -2.35. The molecule has 1 aromatic carbocycles. The van der Waals surface area contributed by atoms with Crippen molar-refractivity contribution in [1.29, 1.82) is 0 Å². The number of fused-ring (bicyclic) bond motifs is 1. The van der Waals surface area contributed by atoms with Crippen molar-refractivity contribution in [2.24, 2.45) is 0 Å². The van der Waals surface area contributed by atoms with Crippen molar-refractivity contribution in [2.75, 3.05) is 19.6 Å². The molecule has 0 N–H and O–H groups in total. The minimum Gasteiger partial charge on any atom is -0.391 e. The third-order valence-electron chi connectivity index (χ3n) is 3.37. The molecule has 0 amide bonds. The Kier molecular flexibility index (Phi) is 2.44. The molecule has 0 spiro atoms. The summed E-state index contributed by atoms with van der Waals surface area (Å²) in [7, 11) is 0. The molecule has 0 radical (unpaired) electrons. The van der Waals surface area contributed by atoms with Crippen molar-refractivity contribution in [3.8, 4) is 0 Å². The maximum Gasteiger partial charge on any atom is 0.327 e. The molecule has 3 rings (SSSR count). The van der Waals surface area contributed by atoms with Crippen molar-refractivity contribution < 1.29 is 14.3 Å². The number of benzene rings is 1. The lowest BCUT2D eigenvalue weighted by atomic mass is 9.77. The Morgan fingerprint density at radius 1 is 1.18 bits per heavy atom. The van der Waals surface area contributed by atoms with E-state index in [-0.39, 0.29) is 13.1 Å². The smallest absolute Gasteiger partial charge is 0.327 e. The summed E-state index contributed by atoms with van der Waals surface area (Å²) in [6.07, 6.45) is 1.04. The van der Waals surface area contributed by atoms with Crippen LogP contribution < -0.4 is 0 Å². The summed E-state index contributed by atoms with van der Waals surface area (Å²) in [5, 5.41) is 0. The Morgan fingerprint density at radius 2 is 1.88 bits per heavy atom. The highest BCUT2D eigenvalue weighted by Crippen LogP contribution is 2.35. The van der Waals surface area contributed by atoms with Gasteiger partial charge in [0.15, 0.2) is 0 Å². The van der Waals surface area contributed by atoms with Gasteiger partial charge in [0.1, 0.15) is 0 Å². The molecule has 1 aliphatic carbocycles. The Morgan fingerprint density at radius 3 is 2.59 bits per heavy atom. The van der Waals surface area contributed by atoms with Gasteiger partial charge in [-0.2, -0.15) is 0 Å². The van der Waals surface area contributed by atoms with Crippen LogP contribution in [-0.4, -0.2) is 36.5 Å². The Labute approximate surface area is 99.2 Å². The Balaban J connectivity index is 1.66. The fourth-order valence-electron chi connectivity index (χ4n) is 2.58. The van der Waals surface area contributed by atoms with Crippen molar-refractivity contribution in [1.82, 2.24) is 4.90 Å². The van der Waals surface area contributed by atoms with Gasteiger partial charge in [0, 0.05) is 12.5 Å². The van der Waals surface area contributed by atoms with Crippen LogP contribution in [0.1, 0.15) is 17.0 Å². The summed E-state index contributed by atoms with van der Waals surface area (Å²) < 4.78 is 4.50. The molecule has 4 nitrogen and oxygen atoms in total. The van der Waals surface area contributed by atoms with E-state index in [0.29, 0.717) is 5.92 Å². The Hall–Kier alpha value is -1.68. The van der Waals surface area contributed by atoms with Gasteiger partial charge in [-0.05, 0) is 17.5 Å². The zero-order valence-electron chi connectivity index (χ0n) is 9.39. The molecule has 2 aliphatic rings. The third kappa shape index (κ3) is 1.96. The number of nitrogens with zero attached hydrogens (tertiary/aromatic N) is 1. The average molecular weight is 231 g/mol. The number of carbonyl (C=O) groups excluding carboxylic acids is 2. The van der Waals surface area contributed by atoms with E-state index in [1.54, 1.807) is 0 Å². The molecule has 0 bridgehead atoms. The summed E-state index contributed by atoms with van der Waals surface area (Å²) >= 11 is 0. The van der Waals surface area contributed by atoms with Gasteiger partial charge in [0.25, 0.3) is 0 Å². The number of ether oxygens (including phenoxy) is 1. The third-order valence-corrected chi connectivity index (χ3v) is 3.37. The van der Waals surface area contributed by atoms with Crippen molar-refractivity contribution in [2.45, 2.75) is 12.3 Å². The number of morpholine rings is 1. The number of rotatable bonds is 2. The summed E-state index contributed by atoms with van der Waals surface area (Å²) in [4.78, 5) is 24.1. The average Bonchev–Trinajstić information content (AvgIpc) is 2.24. The first kappa shape index (κ1) is 10.5. The van der Waals surface area contributed by atoms with E-state index in [9.17, 15) is 9.59 Å². The number of hydrogen-bond acceptors (Lipinski definition) is 4. The van der Waals surface area contributed by atoms with Gasteiger partial charge in [0.05, 0.1) is 13.1 Å². The number of cyclic esters (lactones) is 2. The summed E-state index contributed by atoms with van der Waals surface area (Å²) in [5.41, 5.74) is 2.72. The Bertz CT molecular complexity index is 467. The molecule has 1 saturated heterocycles. The fourth-order valence-corrected chi connectivity index (χ4v) is 2.58. The highest BCUT2D eigenvalue weighted by molar-refractivity contribution is 5.90. The summed E-state index contributed by atoms with van der Waals surface area (Å²) in [5.74, 6) is -0.424. The molecule has 1 fully saturated rings. The van der Waals surface area contributed by atoms with Gasteiger partial charge in [-0.15, -0.1) is 0 Å². The van der Waals surface area contributed by atoms with Crippen LogP contribution >= 0.6 is 0 Å². The predicted molar refractivity (Wildman–Crippen MR) is 60.4 cm³/mol. The molecule has 1 atom stereocenters. The predicted octanol–water partition coefficient (Wildman–Crippen LogP) is 0.712. The van der Waals surface area contributed by atoms with Crippen LogP contribution in [0, 0.1) is 0 Å². The van der Waals surface area contributed by atoms with E-state index in [1.807, 2.05) is 17.0 Å². The minimum absolute atomic E-state index is 0.227. The van der Waals surface area contributed by atoms with Gasteiger partial charge in [-0.3, -0.25) is 14.5 Å². The van der Waals surface area contributed by atoms with Crippen LogP contribution in [0.5, 0.6) is 0 Å². The van der Waals surface area contributed by atoms with Crippen LogP contribution in [-0.2, 0) is 20.7 Å². The molecule has 0 aromatic heterocycles. The standard InChI is InChI=1S/C13H13NO3/c15-12-7-14(8-13(16)17-12)6-10-5-9-3-1-2-4-11(9)10/h1-4,10H,5-8H2. The van der Waals surface area contributed by atoms with Crippen molar-refractivity contribution >= 4 is 11.9 Å². The molecule has 0 saturated carbocycles. The van der Waals surface area contributed by atoms with E-state index in [0.717, 1.165) is 13.0 Å². The van der Waals surface area contributed by atoms with Crippen LogP contribution in [0.2, 0.25) is 0 Å². The molecule has 1 heterocycles. The first-order valence-corrected chi connectivity index (χ1v) is 5.76. The van der Waals surface area contributed by atoms with Crippen LogP contribution in [0.4, 0.5) is 0 Å². The van der Waals surface area contributed by atoms with E-state index in [1.165, 1.54) is 11.1 Å². The van der Waals surface area contributed by atoms with Gasteiger partial charge < -0.3 is 4.74 Å². The van der Waals surface area contributed by atoms with Crippen molar-refractivity contribution in [3.63, 3.8) is 0 Å². The molecule has 88 valence electrons. The zero-order chi connectivity index (χ0) is 11.8. The SMILES string of the molecule is O=C1CN(CC2Cc3ccccc32)CC(=O)O1. The van der Waals surface area contributed by atoms with Crippen LogP contribution in [0.25, 0.3) is 0 Å². The second-order valence-corrected chi connectivity index (χ2v) is 4.62. The van der Waals surface area contributed by atoms with Crippen molar-refractivity contribution in [3.05, 3.63) is 35.4 Å². The van der Waals surface area contributed by atoms with Crippen LogP contribution in [0.15, 0.2) is 24.3 Å². The summed E-state index contributed by atoms with van der Waals surface area (Å²) in [6.45, 7) is 1.21. The van der Waals surface area contributed by atoms with E-state index >= 15 is 0 Å². The maximum absolute atomic E-state index is 11.1. The minimum atomic E-state index is -0.436. The van der Waals surface area contributed by atoms with E-state index in [2.05, 4.69) is 16.9 Å². The highest BCUT2D eigenvalue weighted by atomic mass is 16.6. The first-order chi connectivity index (χ1) is 8.22. The lowest BCUT2D eigenvalue weighted by molar-refractivity contribution is -0.166. The fraction of sp³-hybridized carbons (Fsp3) is 0.385. The number of hydrogen-bond donors (Lipinski definition) is 0. The maximum atomic E-state index is 11.1. The molecular formula is C13H13NO3. The van der Waals surface area contributed by atoms with Crippen LogP contribution in [0.3, 0.4) is 0 Å². The quantitative estimate of drug-likeness (QED) is 0.555. The van der Waals surface area contributed by atoms with Gasteiger partial charge >= 0.3 is 11.9 Å². The normalized spacial score (nSPS) is 23.9. The molecule has 17 heavy (non-hydrogen) atoms. The lowest BCUT2D eigenvalue weighted by Crippen LogP contribution is -2.45. The first-order valence-electron chi connectivity index (χ1n) is 5.76. The molecule has 1 unspecified atom stereocenters. The number of carbonyl (C=O) groups is 2.